The van der Waals surface area contributed by atoms with Gasteiger partial charge in [0.2, 0.25) is 0 Å². The van der Waals surface area contributed by atoms with E-state index >= 15 is 0 Å². The van der Waals surface area contributed by atoms with Crippen molar-refractivity contribution in [2.75, 3.05) is 17.7 Å². The van der Waals surface area contributed by atoms with Gasteiger partial charge in [-0.3, -0.25) is 4.79 Å². The first-order chi connectivity index (χ1) is 9.11. The molecule has 0 saturated heterocycles. The summed E-state index contributed by atoms with van der Waals surface area (Å²) < 4.78 is 0. The predicted octanol–water partition coefficient (Wildman–Crippen LogP) is 2.73. The number of hydrogen-bond donors (Lipinski definition) is 2. The fourth-order valence-electron chi connectivity index (χ4n) is 1.55. The molecule has 5 nitrogen and oxygen atoms in total. The molecule has 0 bridgehead atoms. The van der Waals surface area contributed by atoms with Crippen molar-refractivity contribution in [2.24, 2.45) is 0 Å². The molecule has 0 radical (unpaired) electrons. The van der Waals surface area contributed by atoms with Crippen LogP contribution in [0.1, 0.15) is 16.1 Å². The first kappa shape index (κ1) is 13.3. The van der Waals surface area contributed by atoms with Gasteiger partial charge in [0.1, 0.15) is 5.82 Å². The SMILES string of the molecule is CNc1ccc(C(=O)Nc2c(C)cccc2Cl)nn1. The molecule has 0 saturated carbocycles. The van der Waals surface area contributed by atoms with Crippen molar-refractivity contribution >= 4 is 29.0 Å². The van der Waals surface area contributed by atoms with E-state index in [2.05, 4.69) is 20.8 Å². The van der Waals surface area contributed by atoms with E-state index in [9.17, 15) is 4.79 Å². The Morgan fingerprint density at radius 1 is 1.21 bits per heavy atom. The smallest absolute Gasteiger partial charge is 0.276 e. The normalized spacial score (nSPS) is 10.1. The fourth-order valence-corrected chi connectivity index (χ4v) is 1.82. The Labute approximate surface area is 116 Å². The van der Waals surface area contributed by atoms with Crippen LogP contribution in [-0.2, 0) is 0 Å². The Morgan fingerprint density at radius 3 is 2.58 bits per heavy atom. The predicted molar refractivity (Wildman–Crippen MR) is 75.7 cm³/mol. The molecule has 0 unspecified atom stereocenters. The van der Waals surface area contributed by atoms with E-state index < -0.39 is 0 Å². The summed E-state index contributed by atoms with van der Waals surface area (Å²) in [5.74, 6) is 0.261. The number of nitrogens with one attached hydrogen (secondary N) is 2. The summed E-state index contributed by atoms with van der Waals surface area (Å²) in [7, 11) is 1.73. The number of carbonyl (C=O) groups excluding carboxylic acids is 1. The summed E-state index contributed by atoms with van der Waals surface area (Å²) in [4.78, 5) is 12.0. The van der Waals surface area contributed by atoms with Gasteiger partial charge in [-0.25, -0.2) is 0 Å². The molecule has 19 heavy (non-hydrogen) atoms. The molecule has 1 heterocycles. The van der Waals surface area contributed by atoms with Crippen molar-refractivity contribution in [3.8, 4) is 0 Å². The van der Waals surface area contributed by atoms with E-state index in [1.807, 2.05) is 19.1 Å². The minimum absolute atomic E-state index is 0.235. The van der Waals surface area contributed by atoms with Crippen LogP contribution >= 0.6 is 11.6 Å². The Bertz CT molecular complexity index is 578. The Morgan fingerprint density at radius 2 is 2.00 bits per heavy atom. The summed E-state index contributed by atoms with van der Waals surface area (Å²) in [6.45, 7) is 1.87. The van der Waals surface area contributed by atoms with Crippen molar-refractivity contribution in [1.82, 2.24) is 10.2 Å². The second-order valence-corrected chi connectivity index (χ2v) is 4.35. The van der Waals surface area contributed by atoms with Gasteiger partial charge in [-0.15, -0.1) is 10.2 Å². The lowest BCUT2D eigenvalue weighted by Crippen LogP contribution is -2.15. The van der Waals surface area contributed by atoms with Crippen LogP contribution in [0.3, 0.4) is 0 Å². The number of halogens is 1. The molecule has 1 aromatic heterocycles. The molecule has 1 aromatic carbocycles. The van der Waals surface area contributed by atoms with E-state index in [0.717, 1.165) is 5.56 Å². The van der Waals surface area contributed by atoms with Crippen LogP contribution < -0.4 is 10.6 Å². The molecular weight excluding hydrogens is 264 g/mol. The number of aryl methyl sites for hydroxylation is 1. The van der Waals surface area contributed by atoms with Gasteiger partial charge < -0.3 is 10.6 Å². The topological polar surface area (TPSA) is 66.9 Å². The van der Waals surface area contributed by atoms with Crippen molar-refractivity contribution in [3.63, 3.8) is 0 Å². The Kier molecular flexibility index (Phi) is 3.97. The number of nitrogens with zero attached hydrogens (tertiary/aromatic N) is 2. The summed E-state index contributed by atoms with van der Waals surface area (Å²) in [6.07, 6.45) is 0. The number of anilines is 2. The molecule has 1 amide bonds. The van der Waals surface area contributed by atoms with Crippen molar-refractivity contribution < 1.29 is 4.79 Å². The quantitative estimate of drug-likeness (QED) is 0.905. The molecule has 2 aromatic rings. The zero-order valence-electron chi connectivity index (χ0n) is 10.6. The summed E-state index contributed by atoms with van der Waals surface area (Å²) in [5, 5.41) is 13.8. The summed E-state index contributed by atoms with van der Waals surface area (Å²) in [5.41, 5.74) is 1.72. The zero-order valence-corrected chi connectivity index (χ0v) is 11.3. The van der Waals surface area contributed by atoms with E-state index in [0.29, 0.717) is 16.5 Å². The minimum Gasteiger partial charge on any atom is -0.372 e. The molecular formula is C13H13ClN4O. The van der Waals surface area contributed by atoms with Crippen molar-refractivity contribution in [3.05, 3.63) is 46.6 Å². The minimum atomic E-state index is -0.341. The van der Waals surface area contributed by atoms with Crippen LogP contribution in [0.4, 0.5) is 11.5 Å². The molecule has 0 atom stereocenters. The maximum Gasteiger partial charge on any atom is 0.276 e. The number of rotatable bonds is 3. The van der Waals surface area contributed by atoms with Crippen molar-refractivity contribution in [2.45, 2.75) is 6.92 Å². The standard InChI is InChI=1S/C13H13ClN4O/c1-8-4-3-5-9(14)12(8)16-13(19)10-6-7-11(15-2)18-17-10/h3-7H,1-2H3,(H,15,18)(H,16,19). The number of carbonyl (C=O) groups is 1. The highest BCUT2D eigenvalue weighted by Gasteiger charge is 2.12. The zero-order chi connectivity index (χ0) is 13.8. The van der Waals surface area contributed by atoms with Gasteiger partial charge in [-0.2, -0.15) is 0 Å². The molecule has 0 spiro atoms. The van der Waals surface area contributed by atoms with Crippen LogP contribution in [0, 0.1) is 6.92 Å². The Balaban J connectivity index is 2.20. The number of amides is 1. The number of para-hydroxylation sites is 1. The molecule has 98 valence electrons. The average molecular weight is 277 g/mol. The van der Waals surface area contributed by atoms with Crippen LogP contribution in [-0.4, -0.2) is 23.2 Å². The molecule has 6 heteroatoms. The van der Waals surface area contributed by atoms with Gasteiger partial charge in [0.25, 0.3) is 5.91 Å². The maximum atomic E-state index is 12.0. The lowest BCUT2D eigenvalue weighted by atomic mass is 10.2. The van der Waals surface area contributed by atoms with Crippen LogP contribution in [0.2, 0.25) is 5.02 Å². The second-order valence-electron chi connectivity index (χ2n) is 3.94. The molecule has 0 aliphatic heterocycles. The third-order valence-electron chi connectivity index (χ3n) is 2.61. The monoisotopic (exact) mass is 276 g/mol. The lowest BCUT2D eigenvalue weighted by Gasteiger charge is -2.09. The van der Waals surface area contributed by atoms with Gasteiger partial charge in [0.15, 0.2) is 5.69 Å². The Hall–Kier alpha value is -2.14. The van der Waals surface area contributed by atoms with Crippen LogP contribution in [0.15, 0.2) is 30.3 Å². The molecule has 0 fully saturated rings. The van der Waals surface area contributed by atoms with E-state index in [1.165, 1.54) is 0 Å². The van der Waals surface area contributed by atoms with E-state index in [1.54, 1.807) is 25.2 Å². The first-order valence-corrected chi connectivity index (χ1v) is 6.07. The highest BCUT2D eigenvalue weighted by atomic mass is 35.5. The third-order valence-corrected chi connectivity index (χ3v) is 2.93. The first-order valence-electron chi connectivity index (χ1n) is 5.70. The van der Waals surface area contributed by atoms with Gasteiger partial charge >= 0.3 is 0 Å². The number of hydrogen-bond acceptors (Lipinski definition) is 4. The lowest BCUT2D eigenvalue weighted by molar-refractivity contribution is 0.102. The summed E-state index contributed by atoms with van der Waals surface area (Å²) >= 11 is 6.05. The van der Waals surface area contributed by atoms with Gasteiger partial charge in [0, 0.05) is 7.05 Å². The second kappa shape index (κ2) is 5.67. The highest BCUT2D eigenvalue weighted by molar-refractivity contribution is 6.34. The summed E-state index contributed by atoms with van der Waals surface area (Å²) in [6, 6.07) is 8.70. The highest BCUT2D eigenvalue weighted by Crippen LogP contribution is 2.25. The fraction of sp³-hybridized carbons (Fsp3) is 0.154. The molecule has 2 N–H and O–H groups in total. The third kappa shape index (κ3) is 3.00. The average Bonchev–Trinajstić information content (AvgIpc) is 2.43. The molecule has 0 aliphatic rings. The largest absolute Gasteiger partial charge is 0.372 e. The van der Waals surface area contributed by atoms with Crippen molar-refractivity contribution in [1.29, 1.82) is 0 Å². The maximum absolute atomic E-state index is 12.0. The van der Waals surface area contributed by atoms with Gasteiger partial charge in [-0.05, 0) is 30.7 Å². The van der Waals surface area contributed by atoms with Gasteiger partial charge in [-0.1, -0.05) is 23.7 Å². The number of aromatic nitrogens is 2. The molecule has 0 aliphatic carbocycles. The van der Waals surface area contributed by atoms with E-state index in [-0.39, 0.29) is 11.6 Å². The molecule has 2 rings (SSSR count). The number of benzene rings is 1. The van der Waals surface area contributed by atoms with E-state index in [4.69, 9.17) is 11.6 Å². The van der Waals surface area contributed by atoms with Crippen LogP contribution in [0.5, 0.6) is 0 Å². The van der Waals surface area contributed by atoms with Gasteiger partial charge in [0.05, 0.1) is 10.7 Å². The van der Waals surface area contributed by atoms with Crippen LogP contribution in [0.25, 0.3) is 0 Å².